The molecule has 1 heteroatoms. The van der Waals surface area contributed by atoms with E-state index in [0.29, 0.717) is 6.61 Å². The minimum atomic E-state index is 0.327. The second kappa shape index (κ2) is 10.7. The van der Waals surface area contributed by atoms with Crippen LogP contribution >= 0.6 is 0 Å². The number of unbranched alkanes of at least 4 members (excludes halogenated alkanes) is 2. The quantitative estimate of drug-likeness (QED) is 0.743. The Morgan fingerprint density at radius 1 is 0.938 bits per heavy atom. The lowest BCUT2D eigenvalue weighted by atomic mass is 10.1. The summed E-state index contributed by atoms with van der Waals surface area (Å²) in [5.41, 5.74) is 2.72. The molecule has 1 rings (SSSR count). The average Bonchev–Trinajstić information content (AvgIpc) is 2.28. The first-order valence-electron chi connectivity index (χ1n) is 6.41. The normalized spacial score (nSPS) is 9.50. The molecule has 0 radical (unpaired) electrons. The zero-order chi connectivity index (χ0) is 12.2. The highest BCUT2D eigenvalue weighted by Gasteiger charge is 1.92. The molecule has 1 aromatic carbocycles. The number of aliphatic hydroxyl groups is 1. The molecular formula is C15H26O. The van der Waals surface area contributed by atoms with Crippen molar-refractivity contribution in [1.29, 1.82) is 0 Å². The average molecular weight is 222 g/mol. The number of aryl methyl sites for hydroxylation is 2. The molecular weight excluding hydrogens is 196 g/mol. The summed E-state index contributed by atoms with van der Waals surface area (Å²) < 4.78 is 0. The maximum absolute atomic E-state index is 8.60. The van der Waals surface area contributed by atoms with Gasteiger partial charge in [0.15, 0.2) is 0 Å². The van der Waals surface area contributed by atoms with E-state index in [1.165, 1.54) is 24.0 Å². The van der Waals surface area contributed by atoms with Gasteiger partial charge in [-0.15, -0.1) is 0 Å². The van der Waals surface area contributed by atoms with Crippen LogP contribution in [0.3, 0.4) is 0 Å². The Morgan fingerprint density at radius 3 is 2.00 bits per heavy atom. The fourth-order valence-corrected chi connectivity index (χ4v) is 1.37. The molecule has 0 amide bonds. The standard InChI is InChI=1S/C12H18O.C3H8/c1-11-6-8-12(9-7-11)5-3-2-4-10-13;1-3-2/h6-9,13H,2-5,10H2,1H3;3H2,1-2H3. The molecule has 0 unspecified atom stereocenters. The minimum absolute atomic E-state index is 0.327. The fraction of sp³-hybridized carbons (Fsp3) is 0.600. The van der Waals surface area contributed by atoms with Crippen molar-refractivity contribution >= 4 is 0 Å². The molecule has 0 bridgehead atoms. The minimum Gasteiger partial charge on any atom is -0.396 e. The van der Waals surface area contributed by atoms with E-state index in [1.807, 2.05) is 0 Å². The number of benzene rings is 1. The Labute approximate surface area is 101 Å². The number of aliphatic hydroxyl groups excluding tert-OH is 1. The molecule has 1 aromatic rings. The molecule has 0 aliphatic carbocycles. The summed E-state index contributed by atoms with van der Waals surface area (Å²) in [6.45, 7) is 6.68. The first kappa shape index (κ1) is 15.2. The van der Waals surface area contributed by atoms with E-state index < -0.39 is 0 Å². The van der Waals surface area contributed by atoms with Gasteiger partial charge in [0.25, 0.3) is 0 Å². The molecule has 0 fully saturated rings. The number of hydrogen-bond donors (Lipinski definition) is 1. The van der Waals surface area contributed by atoms with Gasteiger partial charge in [-0.3, -0.25) is 0 Å². The van der Waals surface area contributed by atoms with E-state index in [4.69, 9.17) is 5.11 Å². The molecule has 0 aliphatic rings. The van der Waals surface area contributed by atoms with Gasteiger partial charge in [-0.25, -0.2) is 0 Å². The van der Waals surface area contributed by atoms with Crippen LogP contribution in [0, 0.1) is 6.92 Å². The van der Waals surface area contributed by atoms with Crippen molar-refractivity contribution in [2.24, 2.45) is 0 Å². The van der Waals surface area contributed by atoms with Crippen LogP contribution in [0.4, 0.5) is 0 Å². The molecule has 0 saturated heterocycles. The van der Waals surface area contributed by atoms with Crippen molar-refractivity contribution in [2.75, 3.05) is 6.61 Å². The highest BCUT2D eigenvalue weighted by molar-refractivity contribution is 5.21. The van der Waals surface area contributed by atoms with Crippen LogP contribution in [-0.4, -0.2) is 11.7 Å². The van der Waals surface area contributed by atoms with Crippen molar-refractivity contribution in [3.8, 4) is 0 Å². The third-order valence-corrected chi connectivity index (χ3v) is 2.24. The zero-order valence-corrected chi connectivity index (χ0v) is 11.0. The third-order valence-electron chi connectivity index (χ3n) is 2.24. The van der Waals surface area contributed by atoms with Crippen molar-refractivity contribution in [3.05, 3.63) is 35.4 Å². The van der Waals surface area contributed by atoms with Crippen LogP contribution < -0.4 is 0 Å². The second-order valence-electron chi connectivity index (χ2n) is 4.23. The van der Waals surface area contributed by atoms with Gasteiger partial charge in [0, 0.05) is 6.61 Å². The van der Waals surface area contributed by atoms with E-state index in [-0.39, 0.29) is 0 Å². The smallest absolute Gasteiger partial charge is 0.0431 e. The molecule has 92 valence electrons. The summed E-state index contributed by atoms with van der Waals surface area (Å²) in [7, 11) is 0. The van der Waals surface area contributed by atoms with Crippen molar-refractivity contribution < 1.29 is 5.11 Å². The SMILES string of the molecule is CCC.Cc1ccc(CCCCCO)cc1. The van der Waals surface area contributed by atoms with E-state index in [0.717, 1.165) is 19.3 Å². The lowest BCUT2D eigenvalue weighted by molar-refractivity contribution is 0.283. The summed E-state index contributed by atoms with van der Waals surface area (Å²) in [4.78, 5) is 0. The Hall–Kier alpha value is -0.820. The van der Waals surface area contributed by atoms with E-state index in [2.05, 4.69) is 45.0 Å². The first-order chi connectivity index (χ1) is 7.74. The van der Waals surface area contributed by atoms with Crippen LogP contribution in [0.5, 0.6) is 0 Å². The Balaban J connectivity index is 0.000000673. The van der Waals surface area contributed by atoms with E-state index in [9.17, 15) is 0 Å². The lowest BCUT2D eigenvalue weighted by Gasteiger charge is -2.01. The van der Waals surface area contributed by atoms with Crippen LogP contribution in [0.15, 0.2) is 24.3 Å². The predicted octanol–water partition coefficient (Wildman–Crippen LogP) is 4.12. The largest absolute Gasteiger partial charge is 0.396 e. The van der Waals surface area contributed by atoms with Gasteiger partial charge in [-0.2, -0.15) is 0 Å². The molecule has 1 N–H and O–H groups in total. The highest BCUT2D eigenvalue weighted by atomic mass is 16.2. The lowest BCUT2D eigenvalue weighted by Crippen LogP contribution is -1.88. The Kier molecular flexibility index (Phi) is 10.1. The zero-order valence-electron chi connectivity index (χ0n) is 11.0. The molecule has 0 aromatic heterocycles. The molecule has 1 nitrogen and oxygen atoms in total. The maximum atomic E-state index is 8.60. The highest BCUT2D eigenvalue weighted by Crippen LogP contribution is 2.07. The molecule has 16 heavy (non-hydrogen) atoms. The summed E-state index contributed by atoms with van der Waals surface area (Å²) in [5, 5.41) is 8.60. The monoisotopic (exact) mass is 222 g/mol. The van der Waals surface area contributed by atoms with Crippen molar-refractivity contribution in [2.45, 2.75) is 52.9 Å². The number of hydrogen-bond acceptors (Lipinski definition) is 1. The van der Waals surface area contributed by atoms with Crippen LogP contribution in [-0.2, 0) is 6.42 Å². The van der Waals surface area contributed by atoms with Gasteiger partial charge < -0.3 is 5.11 Å². The Morgan fingerprint density at radius 2 is 1.50 bits per heavy atom. The molecule has 0 spiro atoms. The van der Waals surface area contributed by atoms with Gasteiger partial charge in [0.2, 0.25) is 0 Å². The second-order valence-corrected chi connectivity index (χ2v) is 4.23. The Bertz CT molecular complexity index is 238. The van der Waals surface area contributed by atoms with Crippen LogP contribution in [0.25, 0.3) is 0 Å². The molecule has 0 atom stereocenters. The number of rotatable bonds is 5. The van der Waals surface area contributed by atoms with Crippen LogP contribution in [0.2, 0.25) is 0 Å². The summed E-state index contributed by atoms with van der Waals surface area (Å²) >= 11 is 0. The molecule has 0 saturated carbocycles. The summed E-state index contributed by atoms with van der Waals surface area (Å²) in [6, 6.07) is 8.69. The first-order valence-corrected chi connectivity index (χ1v) is 6.41. The molecule has 0 heterocycles. The van der Waals surface area contributed by atoms with Gasteiger partial charge in [0.05, 0.1) is 0 Å². The van der Waals surface area contributed by atoms with Crippen LogP contribution in [0.1, 0.15) is 50.7 Å². The van der Waals surface area contributed by atoms with Gasteiger partial charge in [-0.1, -0.05) is 56.5 Å². The van der Waals surface area contributed by atoms with E-state index in [1.54, 1.807) is 0 Å². The molecule has 0 aliphatic heterocycles. The predicted molar refractivity (Wildman–Crippen MR) is 71.8 cm³/mol. The van der Waals surface area contributed by atoms with Gasteiger partial charge >= 0.3 is 0 Å². The summed E-state index contributed by atoms with van der Waals surface area (Å²) in [5.74, 6) is 0. The maximum Gasteiger partial charge on any atom is 0.0431 e. The topological polar surface area (TPSA) is 20.2 Å². The van der Waals surface area contributed by atoms with E-state index >= 15 is 0 Å². The van der Waals surface area contributed by atoms with Crippen molar-refractivity contribution in [3.63, 3.8) is 0 Å². The van der Waals surface area contributed by atoms with Gasteiger partial charge in [-0.05, 0) is 31.7 Å². The van der Waals surface area contributed by atoms with Gasteiger partial charge in [0.1, 0.15) is 0 Å². The third kappa shape index (κ3) is 8.49. The van der Waals surface area contributed by atoms with Crippen molar-refractivity contribution in [1.82, 2.24) is 0 Å². The summed E-state index contributed by atoms with van der Waals surface area (Å²) in [6.07, 6.45) is 5.64. The fourth-order valence-electron chi connectivity index (χ4n) is 1.37.